The van der Waals surface area contributed by atoms with E-state index in [-0.39, 0.29) is 0 Å². The number of fused-ring (bicyclic) bond motifs is 18. The molecule has 0 unspecified atom stereocenters. The van der Waals surface area contributed by atoms with Crippen molar-refractivity contribution in [1.82, 2.24) is 4.57 Å². The number of anilines is 3. The molecule has 10 aromatic carbocycles. The number of para-hydroxylation sites is 4. The zero-order chi connectivity index (χ0) is 41.9. The number of rotatable bonds is 5. The first kappa shape index (κ1) is 35.2. The van der Waals surface area contributed by atoms with Crippen LogP contribution in [0.4, 0.5) is 17.1 Å². The van der Waals surface area contributed by atoms with E-state index in [4.69, 9.17) is 4.42 Å². The van der Waals surface area contributed by atoms with E-state index in [2.05, 4.69) is 240 Å². The smallest absolute Gasteiger partial charge is 0.145 e. The van der Waals surface area contributed by atoms with Crippen LogP contribution in [0.15, 0.2) is 235 Å². The summed E-state index contributed by atoms with van der Waals surface area (Å²) >= 11 is 0. The van der Waals surface area contributed by atoms with Crippen LogP contribution in [0, 0.1) is 0 Å². The van der Waals surface area contributed by atoms with E-state index in [9.17, 15) is 0 Å². The predicted octanol–water partition coefficient (Wildman–Crippen LogP) is 16.2. The Bertz CT molecular complexity index is 3740. The molecule has 2 heterocycles. The summed E-state index contributed by atoms with van der Waals surface area (Å²) in [5.41, 5.74) is 20.6. The summed E-state index contributed by atoms with van der Waals surface area (Å²) in [6.45, 7) is 0. The second-order valence-electron chi connectivity index (χ2n) is 17.1. The van der Waals surface area contributed by atoms with Crippen molar-refractivity contribution in [2.24, 2.45) is 0 Å². The molecule has 14 rings (SSSR count). The molecule has 0 atom stereocenters. The molecule has 0 N–H and O–H groups in total. The van der Waals surface area contributed by atoms with E-state index in [1.807, 2.05) is 0 Å². The Labute approximate surface area is 370 Å². The van der Waals surface area contributed by atoms with Gasteiger partial charge in [-0.15, -0.1) is 0 Å². The fourth-order valence-corrected chi connectivity index (χ4v) is 11.4. The maximum Gasteiger partial charge on any atom is 0.145 e. The molecule has 2 aromatic heterocycles. The Morgan fingerprint density at radius 3 is 1.59 bits per heavy atom. The quantitative estimate of drug-likeness (QED) is 0.173. The normalized spacial score (nSPS) is 13.1. The van der Waals surface area contributed by atoms with Crippen LogP contribution >= 0.6 is 0 Å². The first-order chi connectivity index (χ1) is 31.8. The highest BCUT2D eigenvalue weighted by Crippen LogP contribution is 2.64. The average Bonchev–Trinajstić information content (AvgIpc) is 4.09. The molecule has 0 saturated heterocycles. The topological polar surface area (TPSA) is 21.3 Å². The maximum absolute atomic E-state index is 7.45. The van der Waals surface area contributed by atoms with E-state index in [1.165, 1.54) is 55.5 Å². The van der Waals surface area contributed by atoms with Crippen molar-refractivity contribution in [2.45, 2.75) is 5.41 Å². The van der Waals surface area contributed by atoms with Crippen molar-refractivity contribution in [1.29, 1.82) is 0 Å². The van der Waals surface area contributed by atoms with E-state index in [0.717, 1.165) is 66.7 Å². The highest BCUT2D eigenvalue weighted by Gasteiger charge is 2.52. The predicted molar refractivity (Wildman–Crippen MR) is 264 cm³/mol. The Morgan fingerprint density at radius 2 is 0.891 bits per heavy atom. The summed E-state index contributed by atoms with van der Waals surface area (Å²) in [5.74, 6) is 0. The monoisotopic (exact) mass is 814 g/mol. The first-order valence-corrected chi connectivity index (χ1v) is 22.1. The molecule has 0 radical (unpaired) electrons. The first-order valence-electron chi connectivity index (χ1n) is 22.1. The van der Waals surface area contributed by atoms with Crippen molar-refractivity contribution >= 4 is 60.8 Å². The van der Waals surface area contributed by atoms with E-state index in [0.29, 0.717) is 0 Å². The lowest BCUT2D eigenvalue weighted by molar-refractivity contribution is 0.673. The molecular weight excluding hydrogens is 777 g/mol. The molecule has 3 heteroatoms. The molecule has 2 aliphatic carbocycles. The van der Waals surface area contributed by atoms with Crippen molar-refractivity contribution < 1.29 is 4.42 Å². The largest absolute Gasteiger partial charge is 0.455 e. The Kier molecular flexibility index (Phi) is 7.32. The second-order valence-corrected chi connectivity index (χ2v) is 17.1. The molecule has 64 heavy (non-hydrogen) atoms. The lowest BCUT2D eigenvalue weighted by atomic mass is 9.70. The summed E-state index contributed by atoms with van der Waals surface area (Å²) in [6, 6.07) is 84.1. The Balaban J connectivity index is 1.02. The molecule has 0 saturated carbocycles. The summed E-state index contributed by atoms with van der Waals surface area (Å²) in [7, 11) is 0. The van der Waals surface area contributed by atoms with Crippen LogP contribution in [0.2, 0.25) is 0 Å². The highest BCUT2D eigenvalue weighted by atomic mass is 16.3. The van der Waals surface area contributed by atoms with Crippen molar-refractivity contribution in [3.8, 4) is 39.1 Å². The molecule has 0 amide bonds. The van der Waals surface area contributed by atoms with Crippen LogP contribution in [0.25, 0.3) is 82.8 Å². The van der Waals surface area contributed by atoms with Crippen LogP contribution in [0.3, 0.4) is 0 Å². The number of hydrogen-bond acceptors (Lipinski definition) is 2. The minimum Gasteiger partial charge on any atom is -0.455 e. The van der Waals surface area contributed by atoms with Crippen molar-refractivity contribution in [3.05, 3.63) is 253 Å². The number of benzene rings is 10. The second kappa shape index (κ2) is 13.3. The van der Waals surface area contributed by atoms with Crippen LogP contribution in [-0.4, -0.2) is 4.57 Å². The maximum atomic E-state index is 7.45. The van der Waals surface area contributed by atoms with Crippen LogP contribution < -0.4 is 4.90 Å². The lowest BCUT2D eigenvalue weighted by Crippen LogP contribution is -2.25. The van der Waals surface area contributed by atoms with Gasteiger partial charge in [0.15, 0.2) is 0 Å². The molecule has 0 fully saturated rings. The van der Waals surface area contributed by atoms with Crippen molar-refractivity contribution in [2.75, 3.05) is 4.90 Å². The van der Waals surface area contributed by atoms with Gasteiger partial charge in [-0.3, -0.25) is 0 Å². The SMILES string of the molecule is c1ccc(N(c2ccccc2)c2ccc(-c3ccc4c(c3)-c3c(ccc5c3oc3c5ccc5c3c3ccccc3n5-c3ccccc3)C43c4ccccc4-c4ccccc43)cc2)cc1. The third-order valence-electron chi connectivity index (χ3n) is 14.0. The summed E-state index contributed by atoms with van der Waals surface area (Å²) in [4.78, 5) is 2.31. The van der Waals surface area contributed by atoms with Crippen molar-refractivity contribution in [3.63, 3.8) is 0 Å². The molecule has 0 bridgehead atoms. The van der Waals surface area contributed by atoms with Gasteiger partial charge in [-0.1, -0.05) is 158 Å². The van der Waals surface area contributed by atoms with Crippen LogP contribution in [-0.2, 0) is 5.41 Å². The zero-order valence-electron chi connectivity index (χ0n) is 34.7. The van der Waals surface area contributed by atoms with Gasteiger partial charge in [0.25, 0.3) is 0 Å². The van der Waals surface area contributed by atoms with Gasteiger partial charge in [0.05, 0.1) is 21.8 Å². The zero-order valence-corrected chi connectivity index (χ0v) is 34.7. The molecule has 0 aliphatic heterocycles. The Morgan fingerprint density at radius 1 is 0.359 bits per heavy atom. The fourth-order valence-electron chi connectivity index (χ4n) is 11.4. The number of furan rings is 1. The van der Waals surface area contributed by atoms with E-state index < -0.39 is 5.41 Å². The Hall–Kier alpha value is -8.40. The third-order valence-corrected chi connectivity index (χ3v) is 14.0. The molecule has 12 aromatic rings. The molecule has 298 valence electrons. The number of nitrogens with zero attached hydrogens (tertiary/aromatic N) is 2. The van der Waals surface area contributed by atoms with Crippen LogP contribution in [0.1, 0.15) is 22.3 Å². The van der Waals surface area contributed by atoms with Gasteiger partial charge < -0.3 is 13.9 Å². The fraction of sp³-hybridized carbons (Fsp3) is 0.0164. The summed E-state index contributed by atoms with van der Waals surface area (Å²) < 4.78 is 9.82. The highest BCUT2D eigenvalue weighted by molar-refractivity contribution is 6.25. The summed E-state index contributed by atoms with van der Waals surface area (Å²) in [6.07, 6.45) is 0. The molecular formula is C61H38N2O. The number of hydrogen-bond donors (Lipinski definition) is 0. The standard InChI is InChI=1S/C61H38N2O/c1-4-16-41(17-5-1)62(42-18-6-2-7-19-42)44-31-28-39(29-32-44)40-30-35-53-50(38-40)57-54(61(53)51-25-13-10-22-45(51)46-23-11-14-26-52(46)61)36-33-47-48-34-37-56-58(60(48)64-59(47)57)49-24-12-15-27-55(49)63(56)43-20-8-3-9-21-43/h1-38H. The van der Waals surface area contributed by atoms with E-state index in [1.54, 1.807) is 0 Å². The minimum absolute atomic E-state index is 0.502. The molecule has 2 aliphatic rings. The van der Waals surface area contributed by atoms with Gasteiger partial charge in [0.1, 0.15) is 11.2 Å². The van der Waals surface area contributed by atoms with Crippen LogP contribution in [0.5, 0.6) is 0 Å². The molecule has 3 nitrogen and oxygen atoms in total. The summed E-state index contributed by atoms with van der Waals surface area (Å²) in [5, 5.41) is 4.58. The average molecular weight is 815 g/mol. The molecule has 1 spiro atoms. The van der Waals surface area contributed by atoms with Gasteiger partial charge in [-0.05, 0) is 123 Å². The minimum atomic E-state index is -0.502. The number of aromatic nitrogens is 1. The van der Waals surface area contributed by atoms with Gasteiger partial charge in [0, 0.05) is 44.5 Å². The van der Waals surface area contributed by atoms with E-state index >= 15 is 0 Å². The van der Waals surface area contributed by atoms with Gasteiger partial charge in [-0.25, -0.2) is 0 Å². The van der Waals surface area contributed by atoms with Gasteiger partial charge in [0.2, 0.25) is 0 Å². The lowest BCUT2D eigenvalue weighted by Gasteiger charge is -2.30. The van der Waals surface area contributed by atoms with Gasteiger partial charge >= 0.3 is 0 Å². The van der Waals surface area contributed by atoms with Gasteiger partial charge in [-0.2, -0.15) is 0 Å². The third kappa shape index (κ3) is 4.70.